The SMILES string of the molecule is CCNC(=O)NC1(C(=O)N[C@H]2CCCNC2)CCCC1.Cl. The Kier molecular flexibility index (Phi) is 7.25. The summed E-state index contributed by atoms with van der Waals surface area (Å²) in [7, 11) is 0. The van der Waals surface area contributed by atoms with Crippen molar-refractivity contribution in [3.8, 4) is 0 Å². The third kappa shape index (κ3) is 4.74. The highest BCUT2D eigenvalue weighted by Crippen LogP contribution is 2.30. The summed E-state index contributed by atoms with van der Waals surface area (Å²) in [5.41, 5.74) is -0.712. The van der Waals surface area contributed by atoms with E-state index in [1.54, 1.807) is 0 Å². The van der Waals surface area contributed by atoms with Crippen molar-refractivity contribution < 1.29 is 9.59 Å². The second-order valence-corrected chi connectivity index (χ2v) is 5.79. The molecule has 7 heteroatoms. The van der Waals surface area contributed by atoms with Gasteiger partial charge in [-0.2, -0.15) is 0 Å². The van der Waals surface area contributed by atoms with Gasteiger partial charge < -0.3 is 21.3 Å². The molecular weight excluding hydrogens is 292 g/mol. The molecule has 2 rings (SSSR count). The van der Waals surface area contributed by atoms with Crippen LogP contribution in [0.4, 0.5) is 4.79 Å². The zero-order chi connectivity index (χ0) is 14.4. The van der Waals surface area contributed by atoms with Crippen LogP contribution in [0.15, 0.2) is 0 Å². The van der Waals surface area contributed by atoms with Crippen LogP contribution in [0.2, 0.25) is 0 Å². The molecule has 122 valence electrons. The lowest BCUT2D eigenvalue weighted by Gasteiger charge is -2.32. The normalized spacial score (nSPS) is 23.8. The fourth-order valence-electron chi connectivity index (χ4n) is 3.11. The highest BCUT2D eigenvalue weighted by molar-refractivity contribution is 5.91. The fourth-order valence-corrected chi connectivity index (χ4v) is 3.11. The molecule has 1 saturated carbocycles. The molecule has 0 aromatic rings. The minimum absolute atomic E-state index is 0. The second kappa shape index (κ2) is 8.44. The van der Waals surface area contributed by atoms with Gasteiger partial charge in [0.25, 0.3) is 0 Å². The van der Waals surface area contributed by atoms with Crippen LogP contribution in [0.1, 0.15) is 45.4 Å². The van der Waals surface area contributed by atoms with Crippen molar-refractivity contribution in [2.75, 3.05) is 19.6 Å². The van der Waals surface area contributed by atoms with E-state index in [1.165, 1.54) is 0 Å². The number of nitrogens with one attached hydrogen (secondary N) is 4. The number of carbonyl (C=O) groups is 2. The van der Waals surface area contributed by atoms with E-state index in [9.17, 15) is 9.59 Å². The third-order valence-electron chi connectivity index (χ3n) is 4.21. The van der Waals surface area contributed by atoms with E-state index in [-0.39, 0.29) is 30.4 Å². The van der Waals surface area contributed by atoms with Crippen molar-refractivity contribution in [3.05, 3.63) is 0 Å². The number of urea groups is 1. The summed E-state index contributed by atoms with van der Waals surface area (Å²) in [6.07, 6.45) is 5.54. The molecule has 1 heterocycles. The van der Waals surface area contributed by atoms with E-state index in [0.717, 1.165) is 51.6 Å². The van der Waals surface area contributed by atoms with Crippen LogP contribution >= 0.6 is 12.4 Å². The molecule has 0 bridgehead atoms. The molecule has 1 aliphatic heterocycles. The van der Waals surface area contributed by atoms with Gasteiger partial charge >= 0.3 is 6.03 Å². The summed E-state index contributed by atoms with van der Waals surface area (Å²) in [6, 6.07) is -0.0592. The highest BCUT2D eigenvalue weighted by Gasteiger charge is 2.43. The van der Waals surface area contributed by atoms with Crippen LogP contribution in [0.5, 0.6) is 0 Å². The van der Waals surface area contributed by atoms with Crippen molar-refractivity contribution in [1.82, 2.24) is 21.3 Å². The summed E-state index contributed by atoms with van der Waals surface area (Å²) in [4.78, 5) is 24.4. The predicted molar refractivity (Wildman–Crippen MR) is 84.7 cm³/mol. The summed E-state index contributed by atoms with van der Waals surface area (Å²) >= 11 is 0. The van der Waals surface area contributed by atoms with E-state index in [1.807, 2.05) is 6.92 Å². The van der Waals surface area contributed by atoms with E-state index in [0.29, 0.717) is 6.54 Å². The molecule has 3 amide bonds. The molecule has 21 heavy (non-hydrogen) atoms. The molecule has 0 unspecified atom stereocenters. The van der Waals surface area contributed by atoms with Gasteiger partial charge in [-0.25, -0.2) is 4.79 Å². The quantitative estimate of drug-likeness (QED) is 0.622. The molecule has 0 spiro atoms. The zero-order valence-corrected chi connectivity index (χ0v) is 13.5. The fraction of sp³-hybridized carbons (Fsp3) is 0.857. The van der Waals surface area contributed by atoms with E-state index < -0.39 is 5.54 Å². The van der Waals surface area contributed by atoms with Crippen molar-refractivity contribution >= 4 is 24.3 Å². The first-order chi connectivity index (χ1) is 9.66. The molecule has 4 N–H and O–H groups in total. The van der Waals surface area contributed by atoms with Crippen molar-refractivity contribution in [3.63, 3.8) is 0 Å². The second-order valence-electron chi connectivity index (χ2n) is 5.79. The van der Waals surface area contributed by atoms with E-state index in [4.69, 9.17) is 0 Å². The lowest BCUT2D eigenvalue weighted by atomic mass is 9.95. The minimum atomic E-state index is -0.712. The average molecular weight is 319 g/mol. The Bertz CT molecular complexity index is 353. The molecule has 0 radical (unpaired) electrons. The molecule has 1 aliphatic carbocycles. The van der Waals surface area contributed by atoms with Crippen LogP contribution < -0.4 is 21.3 Å². The maximum absolute atomic E-state index is 12.6. The molecule has 1 saturated heterocycles. The molecule has 0 aromatic carbocycles. The molecule has 6 nitrogen and oxygen atoms in total. The molecular formula is C14H27ClN4O2. The number of rotatable bonds is 4. The van der Waals surface area contributed by atoms with Crippen molar-refractivity contribution in [2.24, 2.45) is 0 Å². The summed E-state index contributed by atoms with van der Waals surface area (Å²) < 4.78 is 0. The number of halogens is 1. The smallest absolute Gasteiger partial charge is 0.315 e. The van der Waals surface area contributed by atoms with Gasteiger partial charge in [0.1, 0.15) is 5.54 Å². The van der Waals surface area contributed by atoms with Gasteiger partial charge in [-0.1, -0.05) is 12.8 Å². The first-order valence-electron chi connectivity index (χ1n) is 7.74. The third-order valence-corrected chi connectivity index (χ3v) is 4.21. The Morgan fingerprint density at radius 3 is 2.52 bits per heavy atom. The number of amides is 3. The molecule has 1 atom stereocenters. The van der Waals surface area contributed by atoms with Crippen LogP contribution in [0.25, 0.3) is 0 Å². The lowest BCUT2D eigenvalue weighted by molar-refractivity contribution is -0.128. The first-order valence-corrected chi connectivity index (χ1v) is 7.74. The summed E-state index contributed by atoms with van der Waals surface area (Å²) in [5, 5.41) is 12.0. The van der Waals surface area contributed by atoms with Crippen molar-refractivity contribution in [1.29, 1.82) is 0 Å². The topological polar surface area (TPSA) is 82.3 Å². The maximum Gasteiger partial charge on any atom is 0.315 e. The highest BCUT2D eigenvalue weighted by atomic mass is 35.5. The lowest BCUT2D eigenvalue weighted by Crippen LogP contribution is -2.61. The van der Waals surface area contributed by atoms with Crippen LogP contribution in [-0.2, 0) is 4.79 Å². The van der Waals surface area contributed by atoms with Crippen LogP contribution in [-0.4, -0.2) is 43.2 Å². The van der Waals surface area contributed by atoms with Gasteiger partial charge in [-0.3, -0.25) is 4.79 Å². The zero-order valence-electron chi connectivity index (χ0n) is 12.7. The van der Waals surface area contributed by atoms with Crippen LogP contribution in [0.3, 0.4) is 0 Å². The summed E-state index contributed by atoms with van der Waals surface area (Å²) in [5.74, 6) is -0.0186. The van der Waals surface area contributed by atoms with Crippen LogP contribution in [0, 0.1) is 0 Å². The number of piperidine rings is 1. The Morgan fingerprint density at radius 1 is 1.24 bits per heavy atom. The average Bonchev–Trinajstić information content (AvgIpc) is 2.90. The molecule has 2 aliphatic rings. The van der Waals surface area contributed by atoms with Gasteiger partial charge in [-0.15, -0.1) is 12.4 Å². The van der Waals surface area contributed by atoms with Gasteiger partial charge in [-0.05, 0) is 39.2 Å². The Morgan fingerprint density at radius 2 is 1.95 bits per heavy atom. The number of hydrogen-bond acceptors (Lipinski definition) is 3. The van der Waals surface area contributed by atoms with E-state index in [2.05, 4.69) is 21.3 Å². The van der Waals surface area contributed by atoms with Gasteiger partial charge in [0, 0.05) is 19.1 Å². The summed E-state index contributed by atoms with van der Waals surface area (Å²) in [6.45, 7) is 4.28. The Hall–Kier alpha value is -1.01. The maximum atomic E-state index is 12.6. The van der Waals surface area contributed by atoms with E-state index >= 15 is 0 Å². The molecule has 2 fully saturated rings. The number of hydrogen-bond donors (Lipinski definition) is 4. The predicted octanol–water partition coefficient (Wildman–Crippen LogP) is 0.908. The first kappa shape index (κ1) is 18.0. The standard InChI is InChI=1S/C14H26N4O2.ClH/c1-2-16-13(20)18-14(7-3-4-8-14)12(19)17-11-6-5-9-15-10-11;/h11,15H,2-10H2,1H3,(H,17,19)(H2,16,18,20);1H/t11-;/m0./s1. The number of carbonyl (C=O) groups excluding carboxylic acids is 2. The minimum Gasteiger partial charge on any atom is -0.350 e. The largest absolute Gasteiger partial charge is 0.350 e. The monoisotopic (exact) mass is 318 g/mol. The molecule has 0 aromatic heterocycles. The van der Waals surface area contributed by atoms with Gasteiger partial charge in [0.15, 0.2) is 0 Å². The Balaban J connectivity index is 0.00000220. The van der Waals surface area contributed by atoms with Gasteiger partial charge in [0.05, 0.1) is 0 Å². The van der Waals surface area contributed by atoms with Gasteiger partial charge in [0.2, 0.25) is 5.91 Å². The Labute approximate surface area is 132 Å². The van der Waals surface area contributed by atoms with Crippen molar-refractivity contribution in [2.45, 2.75) is 57.0 Å².